The van der Waals surface area contributed by atoms with E-state index in [0.29, 0.717) is 34.3 Å². The molecule has 13 heteroatoms. The summed E-state index contributed by atoms with van der Waals surface area (Å²) >= 11 is 7.91. The van der Waals surface area contributed by atoms with Crippen LogP contribution in [0.1, 0.15) is 47.9 Å². The second-order valence-corrected chi connectivity index (χ2v) is 18.6. The fourth-order valence-electron chi connectivity index (χ4n) is 10.6. The molecule has 1 saturated carbocycles. The van der Waals surface area contributed by atoms with Crippen LogP contribution < -0.4 is 9.64 Å². The number of ether oxygens (including phenoxy) is 1. The van der Waals surface area contributed by atoms with Crippen molar-refractivity contribution in [2.45, 2.75) is 45.6 Å². The predicted molar refractivity (Wildman–Crippen MR) is 236 cm³/mol. The highest BCUT2D eigenvalue weighted by atomic mass is 35.5. The zero-order valence-corrected chi connectivity index (χ0v) is 35.8. The van der Waals surface area contributed by atoms with Gasteiger partial charge in [0.1, 0.15) is 35.4 Å². The van der Waals surface area contributed by atoms with Gasteiger partial charge in [0.2, 0.25) is 23.6 Å². The van der Waals surface area contributed by atoms with E-state index in [1.54, 1.807) is 72.5 Å². The monoisotopic (exact) mass is 866 g/mol. The van der Waals surface area contributed by atoms with Gasteiger partial charge < -0.3 is 14.9 Å². The van der Waals surface area contributed by atoms with E-state index >= 15 is 9.59 Å². The molecule has 10 rings (SSSR count). The largest absolute Gasteiger partial charge is 0.508 e. The summed E-state index contributed by atoms with van der Waals surface area (Å²) in [5, 5.41) is 28.1. The van der Waals surface area contributed by atoms with Gasteiger partial charge in [-0.2, -0.15) is 5.10 Å². The van der Waals surface area contributed by atoms with Crippen molar-refractivity contribution in [3.8, 4) is 27.8 Å². The number of phenols is 2. The lowest BCUT2D eigenvalue weighted by Gasteiger charge is -2.49. The molecule has 11 nitrogen and oxygen atoms in total. The van der Waals surface area contributed by atoms with E-state index in [-0.39, 0.29) is 49.3 Å². The van der Waals surface area contributed by atoms with Gasteiger partial charge in [0.15, 0.2) is 0 Å². The minimum atomic E-state index is -1.38. The highest BCUT2D eigenvalue weighted by molar-refractivity contribution is 7.22. The number of rotatable bonds is 9. The number of aromatic nitrogens is 2. The van der Waals surface area contributed by atoms with Crippen LogP contribution in [0.15, 0.2) is 109 Å². The number of amides is 4. The van der Waals surface area contributed by atoms with Crippen molar-refractivity contribution >= 4 is 62.5 Å². The standard InChI is InChI=1S/C49H43ClN4O7S/c1-26-35-21-29(50)11-18-40(35)62-44(26)38-24-41(52(3)51-38)54-46(58)37-23-36-32(16-17-34-42(36)47(59)53(45(34)57)20-19-27-9-12-30(55)13-10-27)43(49(37,2)48(54)60)33-15-14-31(22-39(33)56)61-25-28-7-5-4-6-8-28/h4-16,18,21-22,24,34,36-37,42-43,55-56H,17,19-20,23,25H2,1-3H3. The summed E-state index contributed by atoms with van der Waals surface area (Å²) in [7, 11) is 1.71. The summed E-state index contributed by atoms with van der Waals surface area (Å²) in [5.41, 5.74) is 3.26. The SMILES string of the molecule is Cc1c(-c2cc(N3C(=O)C4CC5C(=CCC6C(=O)N(CCc7ccc(O)cc7)C(=O)C65)C(c5ccc(OCc6ccccc6)cc5O)C4(C)C3=O)n(C)n2)sc2ccc(Cl)cc12. The van der Waals surface area contributed by atoms with E-state index in [1.165, 1.54) is 15.9 Å². The maximum atomic E-state index is 15.3. The number of carbonyl (C=O) groups excluding carboxylic acids is 4. The molecule has 0 spiro atoms. The van der Waals surface area contributed by atoms with Gasteiger partial charge in [0.05, 0.1) is 28.0 Å². The van der Waals surface area contributed by atoms with Crippen LogP contribution in [-0.4, -0.2) is 55.1 Å². The van der Waals surface area contributed by atoms with E-state index in [4.69, 9.17) is 21.4 Å². The number of benzene rings is 4. The topological polar surface area (TPSA) is 142 Å². The highest BCUT2D eigenvalue weighted by Crippen LogP contribution is 2.64. The number of halogens is 1. The minimum Gasteiger partial charge on any atom is -0.508 e. The molecule has 6 aromatic rings. The van der Waals surface area contributed by atoms with Crippen molar-refractivity contribution in [1.82, 2.24) is 14.7 Å². The number of aromatic hydroxyl groups is 2. The Morgan fingerprint density at radius 1 is 0.887 bits per heavy atom. The van der Waals surface area contributed by atoms with Crippen LogP contribution in [0.4, 0.5) is 5.82 Å². The number of phenolic OH excluding ortho intramolecular Hbond substituents is 2. The summed E-state index contributed by atoms with van der Waals surface area (Å²) in [5.74, 6) is -4.23. The fraction of sp³-hybridized carbons (Fsp3) is 0.286. The van der Waals surface area contributed by atoms with Crippen molar-refractivity contribution in [2.24, 2.45) is 36.1 Å². The Balaban J connectivity index is 1.03. The average molecular weight is 867 g/mol. The predicted octanol–water partition coefficient (Wildman–Crippen LogP) is 8.73. The summed E-state index contributed by atoms with van der Waals surface area (Å²) < 4.78 is 8.66. The average Bonchev–Trinajstić information content (AvgIpc) is 3.93. The van der Waals surface area contributed by atoms with Crippen LogP contribution in [0, 0.1) is 36.0 Å². The van der Waals surface area contributed by atoms with Crippen molar-refractivity contribution < 1.29 is 34.1 Å². The minimum absolute atomic E-state index is 0.101. The second kappa shape index (κ2) is 15.0. The number of hydrogen-bond donors (Lipinski definition) is 2. The number of nitrogens with zero attached hydrogens (tertiary/aromatic N) is 4. The maximum Gasteiger partial charge on any atom is 0.242 e. The first-order valence-electron chi connectivity index (χ1n) is 20.8. The van der Waals surface area contributed by atoms with Crippen molar-refractivity contribution in [1.29, 1.82) is 0 Å². The first-order valence-corrected chi connectivity index (χ1v) is 22.0. The van der Waals surface area contributed by atoms with E-state index in [2.05, 4.69) is 0 Å². The Hall–Kier alpha value is -6.24. The normalized spacial score (nSPS) is 24.4. The van der Waals surface area contributed by atoms with Gasteiger partial charge in [-0.1, -0.05) is 71.8 Å². The highest BCUT2D eigenvalue weighted by Gasteiger charge is 2.68. The molecule has 0 radical (unpaired) electrons. The molecular formula is C49H43ClN4O7S. The molecule has 4 aliphatic rings. The number of aryl methyl sites for hydroxylation is 2. The molecule has 6 unspecified atom stereocenters. The molecule has 2 saturated heterocycles. The Kier molecular flexibility index (Phi) is 9.64. The number of thiophene rings is 1. The first kappa shape index (κ1) is 39.9. The van der Waals surface area contributed by atoms with E-state index < -0.39 is 46.8 Å². The van der Waals surface area contributed by atoms with Gasteiger partial charge in [0, 0.05) is 46.9 Å². The summed E-state index contributed by atoms with van der Waals surface area (Å²) in [6.45, 7) is 4.26. The van der Waals surface area contributed by atoms with Crippen LogP contribution in [0.3, 0.4) is 0 Å². The number of hydrogen-bond acceptors (Lipinski definition) is 9. The van der Waals surface area contributed by atoms with Gasteiger partial charge >= 0.3 is 0 Å². The summed E-state index contributed by atoms with van der Waals surface area (Å²) in [4.78, 5) is 62.4. The number of imide groups is 2. The zero-order valence-electron chi connectivity index (χ0n) is 34.2. The Labute approximate surface area is 366 Å². The van der Waals surface area contributed by atoms with Gasteiger partial charge in [-0.25, -0.2) is 4.90 Å². The third-order valence-corrected chi connectivity index (χ3v) is 15.2. The number of likely N-dealkylation sites (tertiary alicyclic amines) is 1. The van der Waals surface area contributed by atoms with E-state index in [9.17, 15) is 19.8 Å². The molecule has 2 aromatic heterocycles. The Morgan fingerprint density at radius 2 is 1.66 bits per heavy atom. The fourth-order valence-corrected chi connectivity index (χ4v) is 11.9. The molecule has 2 aliphatic carbocycles. The first-order chi connectivity index (χ1) is 29.8. The number of fused-ring (bicyclic) bond motifs is 5. The van der Waals surface area contributed by atoms with Crippen LogP contribution in [0.25, 0.3) is 20.7 Å². The maximum absolute atomic E-state index is 15.3. The number of carbonyl (C=O) groups is 4. The quantitative estimate of drug-likeness (QED) is 0.109. The molecule has 4 heterocycles. The molecule has 2 aliphatic heterocycles. The van der Waals surface area contributed by atoms with Crippen molar-refractivity contribution in [3.63, 3.8) is 0 Å². The molecule has 6 atom stereocenters. The Morgan fingerprint density at radius 3 is 2.42 bits per heavy atom. The molecular weight excluding hydrogens is 824 g/mol. The van der Waals surface area contributed by atoms with Crippen LogP contribution >= 0.6 is 22.9 Å². The summed E-state index contributed by atoms with van der Waals surface area (Å²) in [6, 6.07) is 28.9. The molecule has 62 heavy (non-hydrogen) atoms. The lowest BCUT2D eigenvalue weighted by Crippen LogP contribution is -2.49. The Bertz CT molecular complexity index is 2870. The van der Waals surface area contributed by atoms with Crippen LogP contribution in [0.2, 0.25) is 5.02 Å². The van der Waals surface area contributed by atoms with Crippen molar-refractivity contribution in [3.05, 3.63) is 136 Å². The molecule has 3 fully saturated rings. The zero-order chi connectivity index (χ0) is 43.2. The number of allylic oxidation sites excluding steroid dienone is 2. The van der Waals surface area contributed by atoms with Crippen LogP contribution in [0.5, 0.6) is 17.2 Å². The van der Waals surface area contributed by atoms with Gasteiger partial charge in [0.25, 0.3) is 0 Å². The van der Waals surface area contributed by atoms with Crippen LogP contribution in [-0.2, 0) is 39.3 Å². The summed E-state index contributed by atoms with van der Waals surface area (Å²) in [6.07, 6.45) is 2.85. The molecule has 2 N–H and O–H groups in total. The smallest absolute Gasteiger partial charge is 0.242 e. The third kappa shape index (κ3) is 6.25. The number of anilines is 1. The van der Waals surface area contributed by atoms with E-state index in [0.717, 1.165) is 37.2 Å². The molecule has 4 aromatic carbocycles. The van der Waals surface area contributed by atoms with Gasteiger partial charge in [-0.15, -0.1) is 11.3 Å². The lowest BCUT2D eigenvalue weighted by atomic mass is 9.51. The molecule has 0 bridgehead atoms. The van der Waals surface area contributed by atoms with Crippen molar-refractivity contribution in [2.75, 3.05) is 11.4 Å². The van der Waals surface area contributed by atoms with Gasteiger partial charge in [-0.3, -0.25) is 28.8 Å². The molecule has 314 valence electrons. The molecule has 4 amide bonds. The third-order valence-electron chi connectivity index (χ3n) is 13.7. The lowest BCUT2D eigenvalue weighted by molar-refractivity contribution is -0.140. The van der Waals surface area contributed by atoms with E-state index in [1.807, 2.05) is 61.5 Å². The van der Waals surface area contributed by atoms with Gasteiger partial charge in [-0.05, 0) is 97.5 Å². The second-order valence-electron chi connectivity index (χ2n) is 17.1.